The van der Waals surface area contributed by atoms with Crippen LogP contribution in [0.4, 0.5) is 0 Å². The number of methoxy groups -OCH3 is 1. The first-order valence-electron chi connectivity index (χ1n) is 14.4. The lowest BCUT2D eigenvalue weighted by Gasteiger charge is -2.37. The minimum Gasteiger partial charge on any atom is -0.497 e. The number of amides is 3. The SMILES string of the molecule is CNCC(=O)NC(C(=O)N1CCCC1CN(CCc1ccccc1)C(=O)CN)C(C)(C)C.COc1ccc(C)cc1. The van der Waals surface area contributed by atoms with Crippen molar-refractivity contribution < 1.29 is 19.1 Å². The van der Waals surface area contributed by atoms with Gasteiger partial charge in [0.2, 0.25) is 17.7 Å². The Morgan fingerprint density at radius 2 is 1.76 bits per heavy atom. The molecule has 41 heavy (non-hydrogen) atoms. The highest BCUT2D eigenvalue weighted by Crippen LogP contribution is 2.26. The molecule has 1 aliphatic rings. The molecule has 3 rings (SSSR count). The summed E-state index contributed by atoms with van der Waals surface area (Å²) in [5.41, 5.74) is 7.65. The van der Waals surface area contributed by atoms with Crippen molar-refractivity contribution in [2.45, 2.75) is 59.0 Å². The molecule has 1 fully saturated rings. The molecule has 9 heteroatoms. The van der Waals surface area contributed by atoms with Crippen LogP contribution in [-0.4, -0.2) is 86.5 Å². The van der Waals surface area contributed by atoms with Crippen molar-refractivity contribution in [3.63, 3.8) is 0 Å². The van der Waals surface area contributed by atoms with Crippen molar-refractivity contribution in [1.82, 2.24) is 20.4 Å². The molecule has 0 aromatic heterocycles. The Morgan fingerprint density at radius 3 is 2.32 bits per heavy atom. The van der Waals surface area contributed by atoms with Crippen molar-refractivity contribution in [2.75, 3.05) is 46.9 Å². The van der Waals surface area contributed by atoms with Crippen LogP contribution in [0, 0.1) is 12.3 Å². The summed E-state index contributed by atoms with van der Waals surface area (Å²) in [5, 5.41) is 5.72. The molecule has 1 aliphatic heterocycles. The zero-order valence-corrected chi connectivity index (χ0v) is 25.6. The molecule has 2 aromatic carbocycles. The first kappa shape index (κ1) is 33.8. The van der Waals surface area contributed by atoms with Crippen LogP contribution in [-0.2, 0) is 20.8 Å². The van der Waals surface area contributed by atoms with Crippen molar-refractivity contribution in [2.24, 2.45) is 11.1 Å². The quantitative estimate of drug-likeness (QED) is 0.385. The number of hydrogen-bond acceptors (Lipinski definition) is 6. The fourth-order valence-electron chi connectivity index (χ4n) is 4.79. The van der Waals surface area contributed by atoms with Gasteiger partial charge < -0.3 is 30.9 Å². The molecule has 9 nitrogen and oxygen atoms in total. The zero-order valence-electron chi connectivity index (χ0n) is 25.6. The van der Waals surface area contributed by atoms with Gasteiger partial charge in [0, 0.05) is 25.7 Å². The lowest BCUT2D eigenvalue weighted by atomic mass is 9.85. The maximum Gasteiger partial charge on any atom is 0.246 e. The molecular weight excluding hydrogens is 518 g/mol. The van der Waals surface area contributed by atoms with E-state index in [2.05, 4.69) is 17.6 Å². The number of nitrogens with two attached hydrogens (primary N) is 1. The van der Waals surface area contributed by atoms with E-state index < -0.39 is 11.5 Å². The number of likely N-dealkylation sites (tertiary alicyclic amines) is 1. The van der Waals surface area contributed by atoms with Gasteiger partial charge in [-0.15, -0.1) is 0 Å². The maximum absolute atomic E-state index is 13.5. The highest BCUT2D eigenvalue weighted by molar-refractivity contribution is 5.89. The van der Waals surface area contributed by atoms with Gasteiger partial charge in [0.25, 0.3) is 0 Å². The topological polar surface area (TPSA) is 117 Å². The van der Waals surface area contributed by atoms with E-state index in [1.165, 1.54) is 5.56 Å². The number of likely N-dealkylation sites (N-methyl/N-ethyl adjacent to an activating group) is 1. The number of aryl methyl sites for hydroxylation is 1. The highest BCUT2D eigenvalue weighted by atomic mass is 16.5. The summed E-state index contributed by atoms with van der Waals surface area (Å²) in [6.45, 7) is 9.64. The number of carbonyl (C=O) groups excluding carboxylic acids is 3. The van der Waals surface area contributed by atoms with Crippen LogP contribution in [0.25, 0.3) is 0 Å². The summed E-state index contributed by atoms with van der Waals surface area (Å²) in [6, 6.07) is 17.3. The van der Waals surface area contributed by atoms with Crippen LogP contribution < -0.4 is 21.1 Å². The van der Waals surface area contributed by atoms with Crippen molar-refractivity contribution >= 4 is 17.7 Å². The van der Waals surface area contributed by atoms with Gasteiger partial charge in [-0.3, -0.25) is 14.4 Å². The summed E-state index contributed by atoms with van der Waals surface area (Å²) in [7, 11) is 3.37. The molecule has 226 valence electrons. The monoisotopic (exact) mass is 567 g/mol. The maximum atomic E-state index is 13.5. The van der Waals surface area contributed by atoms with E-state index in [9.17, 15) is 14.4 Å². The van der Waals surface area contributed by atoms with Crippen LogP contribution in [0.3, 0.4) is 0 Å². The second kappa shape index (κ2) is 16.7. The molecule has 0 bridgehead atoms. The van der Waals surface area contributed by atoms with E-state index in [1.807, 2.05) is 80.3 Å². The minimum absolute atomic E-state index is 0.0554. The average molecular weight is 568 g/mol. The van der Waals surface area contributed by atoms with E-state index in [0.717, 1.165) is 30.6 Å². The Bertz CT molecular complexity index is 1090. The summed E-state index contributed by atoms with van der Waals surface area (Å²) in [5.74, 6) is 0.502. The number of benzene rings is 2. The molecule has 0 spiro atoms. The lowest BCUT2D eigenvalue weighted by molar-refractivity contribution is -0.141. The molecule has 0 saturated carbocycles. The van der Waals surface area contributed by atoms with Crippen LogP contribution in [0.15, 0.2) is 54.6 Å². The molecular formula is C32H49N5O4. The number of rotatable bonds is 11. The van der Waals surface area contributed by atoms with Crippen LogP contribution in [0.5, 0.6) is 5.75 Å². The Morgan fingerprint density at radius 1 is 1.10 bits per heavy atom. The standard InChI is InChI=1S/C24H39N5O3.C8H10O/c1-24(2,3)22(27-20(30)16-26-4)23(32)29-13-8-11-19(29)17-28(21(31)15-25)14-12-18-9-6-5-7-10-18;1-7-3-5-8(9-2)6-4-7/h5-7,9-10,19,22,26H,8,11-17,25H2,1-4H3,(H,27,30);3-6H,1-2H3. The van der Waals surface area contributed by atoms with Gasteiger partial charge in [0.1, 0.15) is 11.8 Å². The van der Waals surface area contributed by atoms with Gasteiger partial charge in [-0.2, -0.15) is 0 Å². The fraction of sp³-hybridized carbons (Fsp3) is 0.531. The van der Waals surface area contributed by atoms with Gasteiger partial charge in [0.05, 0.1) is 20.2 Å². The molecule has 2 aromatic rings. The number of hydrogen-bond donors (Lipinski definition) is 3. The van der Waals surface area contributed by atoms with Crippen LogP contribution in [0.2, 0.25) is 0 Å². The summed E-state index contributed by atoms with van der Waals surface area (Å²) in [6.07, 6.45) is 2.44. The lowest BCUT2D eigenvalue weighted by Crippen LogP contribution is -2.58. The molecule has 0 aliphatic carbocycles. The Labute approximate surface area is 245 Å². The van der Waals surface area contributed by atoms with Gasteiger partial charge in [-0.1, -0.05) is 68.8 Å². The van der Waals surface area contributed by atoms with Gasteiger partial charge >= 0.3 is 0 Å². The average Bonchev–Trinajstić information content (AvgIpc) is 3.42. The fourth-order valence-corrected chi connectivity index (χ4v) is 4.79. The third-order valence-corrected chi connectivity index (χ3v) is 7.14. The predicted molar refractivity (Wildman–Crippen MR) is 164 cm³/mol. The second-order valence-electron chi connectivity index (χ2n) is 11.5. The number of nitrogens with one attached hydrogen (secondary N) is 2. The van der Waals surface area contributed by atoms with Crippen LogP contribution >= 0.6 is 0 Å². The number of carbonyl (C=O) groups is 3. The smallest absolute Gasteiger partial charge is 0.246 e. The number of ether oxygens (including phenoxy) is 1. The van der Waals surface area contributed by atoms with Gasteiger partial charge in [0.15, 0.2) is 0 Å². The van der Waals surface area contributed by atoms with E-state index in [4.69, 9.17) is 10.5 Å². The summed E-state index contributed by atoms with van der Waals surface area (Å²) >= 11 is 0. The van der Waals surface area contributed by atoms with E-state index >= 15 is 0 Å². The molecule has 1 saturated heterocycles. The third kappa shape index (κ3) is 11.2. The predicted octanol–water partition coefficient (Wildman–Crippen LogP) is 2.76. The molecule has 0 radical (unpaired) electrons. The van der Waals surface area contributed by atoms with E-state index in [0.29, 0.717) is 19.6 Å². The molecule has 1 heterocycles. The first-order chi connectivity index (χ1) is 19.5. The molecule has 2 unspecified atom stereocenters. The molecule has 2 atom stereocenters. The normalized spacial score (nSPS) is 15.4. The Balaban J connectivity index is 0.000000553. The molecule has 4 N–H and O–H groups in total. The first-order valence-corrected chi connectivity index (χ1v) is 14.4. The van der Waals surface area contributed by atoms with Crippen molar-refractivity contribution in [1.29, 1.82) is 0 Å². The number of nitrogens with zero attached hydrogens (tertiary/aromatic N) is 2. The molecule has 3 amide bonds. The largest absolute Gasteiger partial charge is 0.497 e. The summed E-state index contributed by atoms with van der Waals surface area (Å²) < 4.78 is 4.97. The second-order valence-corrected chi connectivity index (χ2v) is 11.5. The van der Waals surface area contributed by atoms with E-state index in [-0.39, 0.29) is 36.9 Å². The van der Waals surface area contributed by atoms with E-state index in [1.54, 1.807) is 19.1 Å². The summed E-state index contributed by atoms with van der Waals surface area (Å²) in [4.78, 5) is 41.9. The zero-order chi connectivity index (χ0) is 30.4. The van der Waals surface area contributed by atoms with Gasteiger partial charge in [-0.05, 0) is 56.3 Å². The Hall–Kier alpha value is -3.43. The van der Waals surface area contributed by atoms with Crippen LogP contribution in [0.1, 0.15) is 44.7 Å². The van der Waals surface area contributed by atoms with Gasteiger partial charge in [-0.25, -0.2) is 0 Å². The third-order valence-electron chi connectivity index (χ3n) is 7.14. The minimum atomic E-state index is -0.632. The Kier molecular flexibility index (Phi) is 13.8. The van der Waals surface area contributed by atoms with Crippen molar-refractivity contribution in [3.05, 3.63) is 65.7 Å². The highest BCUT2D eigenvalue weighted by Gasteiger charge is 2.40. The van der Waals surface area contributed by atoms with Crippen molar-refractivity contribution in [3.8, 4) is 5.75 Å².